The number of carbonyl (C=O) groups excluding carboxylic acids is 1. The molecule has 0 saturated heterocycles. The number of carbonyl (C=O) groups is 1. The van der Waals surface area contributed by atoms with Crippen molar-refractivity contribution in [3.8, 4) is 16.9 Å². The van der Waals surface area contributed by atoms with Gasteiger partial charge in [0.1, 0.15) is 0 Å². The molecular weight excluding hydrogens is 356 g/mol. The van der Waals surface area contributed by atoms with Gasteiger partial charge in [-0.25, -0.2) is 4.68 Å². The summed E-state index contributed by atoms with van der Waals surface area (Å²) in [6.07, 6.45) is 0. The van der Waals surface area contributed by atoms with Crippen LogP contribution in [0.25, 0.3) is 16.9 Å². The predicted molar refractivity (Wildman–Crippen MR) is 108 cm³/mol. The number of nitrogens with zero attached hydrogens (tertiary/aromatic N) is 3. The Labute approximate surface area is 163 Å². The zero-order valence-electron chi connectivity index (χ0n) is 16.3. The topological polar surface area (TPSA) is 90.1 Å². The van der Waals surface area contributed by atoms with Crippen molar-refractivity contribution in [1.82, 2.24) is 15.1 Å². The van der Waals surface area contributed by atoms with Gasteiger partial charge in [0, 0.05) is 34.5 Å². The monoisotopic (exact) mass is 378 g/mol. The molecule has 0 unspecified atom stereocenters. The molecule has 2 aromatic carbocycles. The molecule has 0 fully saturated rings. The van der Waals surface area contributed by atoms with Crippen LogP contribution in [0.3, 0.4) is 0 Å². The highest BCUT2D eigenvalue weighted by atomic mass is 16.6. The molecule has 0 aliphatic heterocycles. The molecule has 1 heterocycles. The van der Waals surface area contributed by atoms with E-state index in [1.807, 2.05) is 52.0 Å². The molecule has 7 nitrogen and oxygen atoms in total. The molecule has 1 aromatic heterocycles. The van der Waals surface area contributed by atoms with Crippen LogP contribution < -0.4 is 5.32 Å². The lowest BCUT2D eigenvalue weighted by molar-refractivity contribution is -0.384. The maximum absolute atomic E-state index is 12.7. The Kier molecular flexibility index (Phi) is 5.00. The lowest BCUT2D eigenvalue weighted by Gasteiger charge is -2.21. The molecule has 0 bridgehead atoms. The maximum Gasteiger partial charge on any atom is 0.269 e. The van der Waals surface area contributed by atoms with Gasteiger partial charge >= 0.3 is 0 Å². The fraction of sp³-hybridized carbons (Fsp3) is 0.238. The lowest BCUT2D eigenvalue weighted by atomic mass is 10.0. The van der Waals surface area contributed by atoms with Crippen molar-refractivity contribution in [1.29, 1.82) is 0 Å². The Morgan fingerprint density at radius 1 is 1.11 bits per heavy atom. The van der Waals surface area contributed by atoms with Crippen LogP contribution in [0.4, 0.5) is 5.69 Å². The maximum atomic E-state index is 12.7. The largest absolute Gasteiger partial charge is 0.347 e. The molecule has 0 aliphatic carbocycles. The molecule has 0 atom stereocenters. The first-order valence-corrected chi connectivity index (χ1v) is 8.89. The number of benzene rings is 2. The number of nitro benzene ring substituents is 1. The van der Waals surface area contributed by atoms with E-state index in [4.69, 9.17) is 0 Å². The molecule has 1 amide bonds. The van der Waals surface area contributed by atoms with Crippen LogP contribution >= 0.6 is 0 Å². The normalized spacial score (nSPS) is 11.3. The summed E-state index contributed by atoms with van der Waals surface area (Å²) in [6, 6.07) is 15.4. The van der Waals surface area contributed by atoms with Crippen molar-refractivity contribution in [3.05, 3.63) is 76.0 Å². The van der Waals surface area contributed by atoms with E-state index in [2.05, 4.69) is 10.4 Å². The number of hydrogen-bond donors (Lipinski definition) is 1. The van der Waals surface area contributed by atoms with Gasteiger partial charge in [-0.15, -0.1) is 0 Å². The highest BCUT2D eigenvalue weighted by Gasteiger charge is 2.20. The van der Waals surface area contributed by atoms with Crippen molar-refractivity contribution in [2.75, 3.05) is 0 Å². The van der Waals surface area contributed by atoms with Crippen molar-refractivity contribution < 1.29 is 9.72 Å². The van der Waals surface area contributed by atoms with E-state index < -0.39 is 4.92 Å². The van der Waals surface area contributed by atoms with E-state index >= 15 is 0 Å². The molecule has 28 heavy (non-hydrogen) atoms. The molecule has 0 aliphatic rings. The molecule has 0 radical (unpaired) electrons. The Bertz CT molecular complexity index is 1030. The molecule has 144 valence electrons. The van der Waals surface area contributed by atoms with Crippen molar-refractivity contribution in [2.45, 2.75) is 33.2 Å². The van der Waals surface area contributed by atoms with Gasteiger partial charge < -0.3 is 5.32 Å². The first-order valence-electron chi connectivity index (χ1n) is 8.89. The molecule has 3 rings (SSSR count). The smallest absolute Gasteiger partial charge is 0.269 e. The third kappa shape index (κ3) is 4.09. The molecule has 3 aromatic rings. The summed E-state index contributed by atoms with van der Waals surface area (Å²) < 4.78 is 1.71. The summed E-state index contributed by atoms with van der Waals surface area (Å²) >= 11 is 0. The molecule has 7 heteroatoms. The standard InChI is InChI=1S/C21H22N4O3/c1-14-13-19(23-24(14)15-9-11-16(12-10-15)25(27)28)17-7-5-6-8-18(17)20(26)22-21(2,3)4/h5-13H,1-4H3,(H,22,26). The SMILES string of the molecule is Cc1cc(-c2ccccc2C(=O)NC(C)(C)C)nn1-c1ccc([N+](=O)[O-])cc1. The lowest BCUT2D eigenvalue weighted by Crippen LogP contribution is -2.40. The number of amides is 1. The second-order valence-electron chi connectivity index (χ2n) is 7.61. The van der Waals surface area contributed by atoms with Crippen molar-refractivity contribution in [3.63, 3.8) is 0 Å². The Morgan fingerprint density at radius 3 is 2.36 bits per heavy atom. The van der Waals surface area contributed by atoms with Crippen LogP contribution in [0.2, 0.25) is 0 Å². The van der Waals surface area contributed by atoms with Gasteiger partial charge in [-0.1, -0.05) is 18.2 Å². The average Bonchev–Trinajstić information content (AvgIpc) is 3.02. The molecule has 0 spiro atoms. The Balaban J connectivity index is 2.00. The minimum atomic E-state index is -0.435. The van der Waals surface area contributed by atoms with Gasteiger partial charge in [0.25, 0.3) is 11.6 Å². The van der Waals surface area contributed by atoms with E-state index in [0.29, 0.717) is 16.9 Å². The quantitative estimate of drug-likeness (QED) is 0.542. The number of non-ortho nitro benzene ring substituents is 1. The highest BCUT2D eigenvalue weighted by Crippen LogP contribution is 2.26. The van der Waals surface area contributed by atoms with Crippen LogP contribution in [0.15, 0.2) is 54.6 Å². The zero-order valence-corrected chi connectivity index (χ0v) is 16.3. The van der Waals surface area contributed by atoms with E-state index in [1.54, 1.807) is 22.9 Å². The summed E-state index contributed by atoms with van der Waals surface area (Å²) in [4.78, 5) is 23.1. The molecule has 1 N–H and O–H groups in total. The van der Waals surface area contributed by atoms with Gasteiger partial charge in [0.05, 0.1) is 16.3 Å². The number of nitro groups is 1. The average molecular weight is 378 g/mol. The number of rotatable bonds is 4. The highest BCUT2D eigenvalue weighted by molar-refractivity contribution is 6.00. The summed E-state index contributed by atoms with van der Waals surface area (Å²) in [5.74, 6) is -0.161. The summed E-state index contributed by atoms with van der Waals surface area (Å²) in [7, 11) is 0. The van der Waals surface area contributed by atoms with E-state index in [0.717, 1.165) is 11.3 Å². The summed E-state index contributed by atoms with van der Waals surface area (Å²) in [5, 5.41) is 18.5. The van der Waals surface area contributed by atoms with Gasteiger partial charge in [-0.05, 0) is 52.0 Å². The first kappa shape index (κ1) is 19.3. The number of aromatic nitrogens is 2. The second kappa shape index (κ2) is 7.26. The van der Waals surface area contributed by atoms with Gasteiger partial charge in [-0.3, -0.25) is 14.9 Å². The van der Waals surface area contributed by atoms with Gasteiger partial charge in [-0.2, -0.15) is 5.10 Å². The van der Waals surface area contributed by atoms with Crippen LogP contribution in [0, 0.1) is 17.0 Å². The minimum Gasteiger partial charge on any atom is -0.347 e. The van der Waals surface area contributed by atoms with Crippen molar-refractivity contribution >= 4 is 11.6 Å². The summed E-state index contributed by atoms with van der Waals surface area (Å²) in [6.45, 7) is 7.69. The summed E-state index contributed by atoms with van der Waals surface area (Å²) in [5.41, 5.74) is 3.19. The van der Waals surface area contributed by atoms with E-state index in [9.17, 15) is 14.9 Å². The molecular formula is C21H22N4O3. The van der Waals surface area contributed by atoms with Crippen LogP contribution in [-0.2, 0) is 0 Å². The van der Waals surface area contributed by atoms with Crippen LogP contribution in [0.1, 0.15) is 36.8 Å². The van der Waals surface area contributed by atoms with Crippen LogP contribution in [0.5, 0.6) is 0 Å². The third-order valence-electron chi connectivity index (χ3n) is 4.13. The first-order chi connectivity index (χ1) is 13.2. The number of nitrogens with one attached hydrogen (secondary N) is 1. The number of hydrogen-bond acceptors (Lipinski definition) is 4. The van der Waals surface area contributed by atoms with Crippen LogP contribution in [-0.4, -0.2) is 26.1 Å². The van der Waals surface area contributed by atoms with E-state index in [1.165, 1.54) is 12.1 Å². The Morgan fingerprint density at radius 2 is 1.75 bits per heavy atom. The fourth-order valence-electron chi connectivity index (χ4n) is 2.90. The van der Waals surface area contributed by atoms with Gasteiger partial charge in [0.2, 0.25) is 0 Å². The van der Waals surface area contributed by atoms with Gasteiger partial charge in [0.15, 0.2) is 0 Å². The minimum absolute atomic E-state index is 0.0259. The number of aryl methyl sites for hydroxylation is 1. The molecule has 0 saturated carbocycles. The zero-order chi connectivity index (χ0) is 20.5. The van der Waals surface area contributed by atoms with E-state index in [-0.39, 0.29) is 17.1 Å². The third-order valence-corrected chi connectivity index (χ3v) is 4.13. The Hall–Kier alpha value is -3.48. The fourth-order valence-corrected chi connectivity index (χ4v) is 2.90. The van der Waals surface area contributed by atoms with Crippen molar-refractivity contribution in [2.24, 2.45) is 0 Å². The second-order valence-corrected chi connectivity index (χ2v) is 7.61. The predicted octanol–water partition coefficient (Wildman–Crippen LogP) is 4.28.